The largest absolute Gasteiger partial charge is 0.274 e. The van der Waals surface area contributed by atoms with Gasteiger partial charge in [-0.05, 0) is 25.5 Å². The molecule has 2 heterocycles. The summed E-state index contributed by atoms with van der Waals surface area (Å²) in [6, 6.07) is 9.99. The summed E-state index contributed by atoms with van der Waals surface area (Å²) in [5.74, 6) is 0.579. The summed E-state index contributed by atoms with van der Waals surface area (Å²) in [6.45, 7) is 5.44. The molecule has 1 aliphatic heterocycles. The van der Waals surface area contributed by atoms with Crippen LogP contribution in [0.25, 0.3) is 0 Å². The van der Waals surface area contributed by atoms with Gasteiger partial charge in [0, 0.05) is 18.0 Å². The molecule has 0 bridgehead atoms. The van der Waals surface area contributed by atoms with Crippen molar-refractivity contribution in [2.75, 3.05) is 0 Å². The van der Waals surface area contributed by atoms with E-state index in [2.05, 4.69) is 4.98 Å². The van der Waals surface area contributed by atoms with Crippen LogP contribution in [-0.4, -0.2) is 21.6 Å². The Morgan fingerprint density at radius 3 is 2.55 bits per heavy atom. The number of rotatable bonds is 2. The molecule has 1 aliphatic rings. The number of aromatic nitrogens is 1. The molecule has 5 heteroatoms. The van der Waals surface area contributed by atoms with Crippen LogP contribution in [0, 0.1) is 6.92 Å². The number of thiazole rings is 1. The molecule has 0 spiro atoms. The fourth-order valence-corrected chi connectivity index (χ4v) is 3.15. The van der Waals surface area contributed by atoms with Gasteiger partial charge in [0.2, 0.25) is 5.91 Å². The Kier molecular flexibility index (Phi) is 3.90. The molecule has 1 atom stereocenters. The number of aliphatic imine (C=N–C) groups is 1. The minimum atomic E-state index is -0.0891. The Hall–Kier alpha value is -2.27. The molecule has 3 rings (SSSR count). The topological polar surface area (TPSA) is 45.6 Å². The number of benzene rings is 1. The molecule has 0 saturated carbocycles. The zero-order valence-corrected chi connectivity index (χ0v) is 13.6. The van der Waals surface area contributed by atoms with E-state index in [1.54, 1.807) is 23.2 Å². The van der Waals surface area contributed by atoms with Gasteiger partial charge < -0.3 is 0 Å². The van der Waals surface area contributed by atoms with Crippen LogP contribution in [0.3, 0.4) is 0 Å². The molecule has 112 valence electrons. The maximum Gasteiger partial charge on any atom is 0.229 e. The summed E-state index contributed by atoms with van der Waals surface area (Å²) < 4.78 is 0. The summed E-state index contributed by atoms with van der Waals surface area (Å²) in [5, 5.41) is 2.91. The number of nitrogens with zero attached hydrogens (tertiary/aromatic N) is 3. The Morgan fingerprint density at radius 1 is 1.23 bits per heavy atom. The maximum atomic E-state index is 12.0. The van der Waals surface area contributed by atoms with Gasteiger partial charge in [0.15, 0.2) is 5.84 Å². The average Bonchev–Trinajstić information content (AvgIpc) is 2.93. The molecule has 1 aromatic heterocycles. The molecule has 0 saturated heterocycles. The van der Waals surface area contributed by atoms with E-state index < -0.39 is 0 Å². The number of hydrogen-bond acceptors (Lipinski definition) is 4. The second-order valence-corrected chi connectivity index (χ2v) is 6.28. The van der Waals surface area contributed by atoms with E-state index in [-0.39, 0.29) is 11.9 Å². The van der Waals surface area contributed by atoms with Crippen molar-refractivity contribution in [3.63, 3.8) is 0 Å². The third-order valence-corrected chi connectivity index (χ3v) is 4.30. The molecule has 1 aromatic carbocycles. The lowest BCUT2D eigenvalue weighted by Crippen LogP contribution is -2.37. The molecule has 1 amide bonds. The molecule has 0 radical (unpaired) electrons. The highest BCUT2D eigenvalue weighted by atomic mass is 32.1. The van der Waals surface area contributed by atoms with Crippen molar-refractivity contribution in [3.8, 4) is 0 Å². The monoisotopic (exact) mass is 311 g/mol. The SMILES string of the molecule is CC(=O)N1C(C)=CC(c2ccccc2)N=C1c1csc(C)n1. The van der Waals surface area contributed by atoms with Crippen LogP contribution in [0.2, 0.25) is 0 Å². The first kappa shape index (κ1) is 14.7. The first-order chi connectivity index (χ1) is 10.6. The zero-order valence-electron chi connectivity index (χ0n) is 12.8. The third kappa shape index (κ3) is 2.72. The second-order valence-electron chi connectivity index (χ2n) is 5.22. The number of carbonyl (C=O) groups is 1. The second kappa shape index (κ2) is 5.85. The van der Waals surface area contributed by atoms with Gasteiger partial charge in [0.05, 0.1) is 11.0 Å². The quantitative estimate of drug-likeness (QED) is 0.849. The van der Waals surface area contributed by atoms with Gasteiger partial charge in [-0.15, -0.1) is 11.3 Å². The maximum absolute atomic E-state index is 12.0. The number of aryl methyl sites for hydroxylation is 1. The number of hydrogen-bond donors (Lipinski definition) is 0. The first-order valence-corrected chi connectivity index (χ1v) is 7.98. The van der Waals surface area contributed by atoms with Crippen molar-refractivity contribution in [1.82, 2.24) is 9.88 Å². The highest BCUT2D eigenvalue weighted by Gasteiger charge is 2.27. The molecule has 0 aliphatic carbocycles. The van der Waals surface area contributed by atoms with Gasteiger partial charge in [0.1, 0.15) is 5.69 Å². The summed E-state index contributed by atoms with van der Waals surface area (Å²) >= 11 is 1.56. The van der Waals surface area contributed by atoms with Crippen molar-refractivity contribution < 1.29 is 4.79 Å². The minimum Gasteiger partial charge on any atom is -0.274 e. The molecule has 22 heavy (non-hydrogen) atoms. The third-order valence-electron chi connectivity index (χ3n) is 3.53. The van der Waals surface area contributed by atoms with Crippen LogP contribution >= 0.6 is 11.3 Å². The van der Waals surface area contributed by atoms with E-state index in [0.29, 0.717) is 5.84 Å². The predicted molar refractivity (Wildman–Crippen MR) is 88.8 cm³/mol. The standard InChI is InChI=1S/C17H17N3OS/c1-11-9-15(14-7-5-4-6-8-14)19-17(20(11)13(3)21)16-10-22-12(2)18-16/h4-10,15H,1-3H3. The van der Waals surface area contributed by atoms with E-state index in [0.717, 1.165) is 22.0 Å². The fraction of sp³-hybridized carbons (Fsp3) is 0.235. The highest BCUT2D eigenvalue weighted by molar-refractivity contribution is 7.09. The molecule has 2 aromatic rings. The van der Waals surface area contributed by atoms with Crippen molar-refractivity contribution >= 4 is 23.1 Å². The van der Waals surface area contributed by atoms with Crippen LogP contribution in [0.15, 0.2) is 52.5 Å². The molecule has 0 N–H and O–H groups in total. The van der Waals surface area contributed by atoms with Gasteiger partial charge >= 0.3 is 0 Å². The van der Waals surface area contributed by atoms with Gasteiger partial charge in [0.25, 0.3) is 0 Å². The van der Waals surface area contributed by atoms with Crippen LogP contribution in [0.5, 0.6) is 0 Å². The Labute approximate surface area is 133 Å². The number of allylic oxidation sites excluding steroid dienone is 1. The van der Waals surface area contributed by atoms with Crippen LogP contribution in [0.1, 0.15) is 36.2 Å². The van der Waals surface area contributed by atoms with Crippen molar-refractivity contribution in [2.45, 2.75) is 26.8 Å². The molecule has 4 nitrogen and oxygen atoms in total. The van der Waals surface area contributed by atoms with Gasteiger partial charge in [-0.25, -0.2) is 4.98 Å². The average molecular weight is 311 g/mol. The highest BCUT2D eigenvalue weighted by Crippen LogP contribution is 2.29. The van der Waals surface area contributed by atoms with Crippen molar-refractivity contribution in [1.29, 1.82) is 0 Å². The lowest BCUT2D eigenvalue weighted by molar-refractivity contribution is -0.123. The van der Waals surface area contributed by atoms with Crippen LogP contribution < -0.4 is 0 Å². The van der Waals surface area contributed by atoms with Gasteiger partial charge in [-0.3, -0.25) is 14.7 Å². The van der Waals surface area contributed by atoms with Crippen molar-refractivity contribution in [3.05, 3.63) is 63.7 Å². The van der Waals surface area contributed by atoms with E-state index in [9.17, 15) is 4.79 Å². The van der Waals surface area contributed by atoms with E-state index in [1.165, 1.54) is 0 Å². The van der Waals surface area contributed by atoms with E-state index >= 15 is 0 Å². The molecular weight excluding hydrogens is 294 g/mol. The van der Waals surface area contributed by atoms with Gasteiger partial charge in [-0.2, -0.15) is 0 Å². The molecular formula is C17H17N3OS. The summed E-state index contributed by atoms with van der Waals surface area (Å²) in [7, 11) is 0. The normalized spacial score (nSPS) is 18.0. The van der Waals surface area contributed by atoms with E-state index in [1.807, 2.05) is 55.6 Å². The zero-order chi connectivity index (χ0) is 15.7. The predicted octanol–water partition coefficient (Wildman–Crippen LogP) is 3.71. The van der Waals surface area contributed by atoms with Gasteiger partial charge in [-0.1, -0.05) is 30.3 Å². The summed E-state index contributed by atoms with van der Waals surface area (Å²) in [5.41, 5.74) is 2.75. The fourth-order valence-electron chi connectivity index (χ4n) is 2.56. The first-order valence-electron chi connectivity index (χ1n) is 7.10. The molecule has 1 unspecified atom stereocenters. The summed E-state index contributed by atoms with van der Waals surface area (Å²) in [6.07, 6.45) is 2.01. The number of amides is 1. The van der Waals surface area contributed by atoms with E-state index in [4.69, 9.17) is 4.99 Å². The smallest absolute Gasteiger partial charge is 0.229 e. The van der Waals surface area contributed by atoms with Crippen molar-refractivity contribution in [2.24, 2.45) is 4.99 Å². The number of carbonyl (C=O) groups excluding carboxylic acids is 1. The van der Waals surface area contributed by atoms with Crippen LogP contribution in [0.4, 0.5) is 0 Å². The van der Waals surface area contributed by atoms with Crippen LogP contribution in [-0.2, 0) is 4.79 Å². The summed E-state index contributed by atoms with van der Waals surface area (Å²) in [4.78, 5) is 22.9. The Bertz CT molecular complexity index is 761. The minimum absolute atomic E-state index is 0.0512. The lowest BCUT2D eigenvalue weighted by Gasteiger charge is -2.29. The Morgan fingerprint density at radius 2 is 1.95 bits per heavy atom. The molecule has 0 fully saturated rings. The number of amidine groups is 1. The Balaban J connectivity index is 2.08. The lowest BCUT2D eigenvalue weighted by atomic mass is 10.0.